The van der Waals surface area contributed by atoms with E-state index in [9.17, 15) is 9.90 Å². The number of rotatable bonds is 2. The van der Waals surface area contributed by atoms with E-state index >= 15 is 0 Å². The fourth-order valence-corrected chi connectivity index (χ4v) is 2.36. The lowest BCUT2D eigenvalue weighted by Gasteiger charge is -2.22. The van der Waals surface area contributed by atoms with Crippen LogP contribution in [0.1, 0.15) is 12.8 Å². The van der Waals surface area contributed by atoms with E-state index in [0.29, 0.717) is 12.2 Å². The molecule has 17 heavy (non-hydrogen) atoms. The molecular weight excluding hydrogens is 220 g/mol. The minimum atomic E-state index is -0.787. The summed E-state index contributed by atoms with van der Waals surface area (Å²) < 4.78 is 0. The smallest absolute Gasteiger partial charge is 0.326 e. The van der Waals surface area contributed by atoms with Crippen molar-refractivity contribution >= 4 is 22.8 Å². The number of aliphatic carboxylic acids is 1. The standard InChI is InChI=1S/C11H12N4O2/c16-11(17)8-2-1-5-15(8)10-7-3-4-12-9(7)13-6-14-10/h3-4,6,8H,1-2,5H2,(H,16,17)(H,12,13,14)/t8-/m0/s1. The summed E-state index contributed by atoms with van der Waals surface area (Å²) in [6.07, 6.45) is 4.80. The monoisotopic (exact) mass is 232 g/mol. The van der Waals surface area contributed by atoms with Crippen molar-refractivity contribution in [3.05, 3.63) is 18.6 Å². The average molecular weight is 232 g/mol. The largest absolute Gasteiger partial charge is 0.480 e. The number of aromatic nitrogens is 3. The minimum Gasteiger partial charge on any atom is -0.480 e. The summed E-state index contributed by atoms with van der Waals surface area (Å²) in [6, 6.07) is 1.41. The van der Waals surface area contributed by atoms with Gasteiger partial charge in [-0.3, -0.25) is 0 Å². The van der Waals surface area contributed by atoms with E-state index in [1.165, 1.54) is 6.33 Å². The number of nitrogens with one attached hydrogen (secondary N) is 1. The van der Waals surface area contributed by atoms with Crippen molar-refractivity contribution in [1.82, 2.24) is 15.0 Å². The highest BCUT2D eigenvalue weighted by Crippen LogP contribution is 2.28. The summed E-state index contributed by atoms with van der Waals surface area (Å²) in [7, 11) is 0. The average Bonchev–Trinajstić information content (AvgIpc) is 2.97. The molecule has 1 atom stereocenters. The summed E-state index contributed by atoms with van der Waals surface area (Å²) >= 11 is 0. The molecule has 0 saturated carbocycles. The SMILES string of the molecule is O=C(O)[C@@H]1CCCN1c1ncnc2[nH]ccc12. The molecule has 2 N–H and O–H groups in total. The Hall–Kier alpha value is -2.11. The highest BCUT2D eigenvalue weighted by molar-refractivity contribution is 5.90. The van der Waals surface area contributed by atoms with E-state index in [1.54, 1.807) is 6.20 Å². The zero-order valence-corrected chi connectivity index (χ0v) is 9.13. The normalized spacial score (nSPS) is 20.0. The summed E-state index contributed by atoms with van der Waals surface area (Å²) in [5.41, 5.74) is 0.742. The lowest BCUT2D eigenvalue weighted by atomic mass is 10.2. The summed E-state index contributed by atoms with van der Waals surface area (Å²) in [6.45, 7) is 0.730. The second-order valence-corrected chi connectivity index (χ2v) is 4.13. The van der Waals surface area contributed by atoms with Gasteiger partial charge in [-0.15, -0.1) is 0 Å². The second kappa shape index (κ2) is 3.73. The molecule has 88 valence electrons. The summed E-state index contributed by atoms with van der Waals surface area (Å²) in [5.74, 6) is -0.0778. The summed E-state index contributed by atoms with van der Waals surface area (Å²) in [5, 5.41) is 10.1. The van der Waals surface area contributed by atoms with Crippen LogP contribution in [-0.4, -0.2) is 38.6 Å². The molecule has 1 saturated heterocycles. The van der Waals surface area contributed by atoms with Crippen LogP contribution in [0.5, 0.6) is 0 Å². The lowest BCUT2D eigenvalue weighted by molar-refractivity contribution is -0.138. The van der Waals surface area contributed by atoms with Crippen LogP contribution < -0.4 is 4.90 Å². The number of carboxylic acid groups (broad SMARTS) is 1. The molecule has 1 aliphatic heterocycles. The number of fused-ring (bicyclic) bond motifs is 1. The van der Waals surface area contributed by atoms with Gasteiger partial charge in [-0.25, -0.2) is 14.8 Å². The Morgan fingerprint density at radius 3 is 3.24 bits per heavy atom. The van der Waals surface area contributed by atoms with Gasteiger partial charge in [0.05, 0.1) is 5.39 Å². The first-order valence-electron chi connectivity index (χ1n) is 5.55. The van der Waals surface area contributed by atoms with E-state index in [4.69, 9.17) is 0 Å². The van der Waals surface area contributed by atoms with Crippen LogP contribution in [0.4, 0.5) is 5.82 Å². The molecule has 3 rings (SSSR count). The fraction of sp³-hybridized carbons (Fsp3) is 0.364. The molecular formula is C11H12N4O2. The molecule has 0 amide bonds. The molecule has 6 nitrogen and oxygen atoms in total. The van der Waals surface area contributed by atoms with Gasteiger partial charge >= 0.3 is 5.97 Å². The fourth-order valence-electron chi connectivity index (χ4n) is 2.36. The van der Waals surface area contributed by atoms with Gasteiger partial charge in [0, 0.05) is 12.7 Å². The van der Waals surface area contributed by atoms with Gasteiger partial charge in [-0.05, 0) is 18.9 Å². The van der Waals surface area contributed by atoms with Crippen LogP contribution in [0, 0.1) is 0 Å². The molecule has 1 fully saturated rings. The number of nitrogens with zero attached hydrogens (tertiary/aromatic N) is 3. The van der Waals surface area contributed by atoms with E-state index in [1.807, 2.05) is 11.0 Å². The van der Waals surface area contributed by atoms with E-state index in [-0.39, 0.29) is 0 Å². The van der Waals surface area contributed by atoms with E-state index in [0.717, 1.165) is 24.0 Å². The molecule has 6 heteroatoms. The van der Waals surface area contributed by atoms with Crippen molar-refractivity contribution in [2.75, 3.05) is 11.4 Å². The van der Waals surface area contributed by atoms with Crippen molar-refractivity contribution in [3.63, 3.8) is 0 Å². The first-order chi connectivity index (χ1) is 8.27. The lowest BCUT2D eigenvalue weighted by Crippen LogP contribution is -2.36. The minimum absolute atomic E-state index is 0.469. The second-order valence-electron chi connectivity index (χ2n) is 4.13. The number of carbonyl (C=O) groups is 1. The first kappa shape index (κ1) is 10.1. The maximum atomic E-state index is 11.2. The Balaban J connectivity index is 2.08. The summed E-state index contributed by atoms with van der Waals surface area (Å²) in [4.78, 5) is 24.3. The van der Waals surface area contributed by atoms with Crippen LogP contribution >= 0.6 is 0 Å². The van der Waals surface area contributed by atoms with Crippen molar-refractivity contribution in [2.45, 2.75) is 18.9 Å². The molecule has 3 heterocycles. The van der Waals surface area contributed by atoms with Crippen LogP contribution in [0.3, 0.4) is 0 Å². The van der Waals surface area contributed by atoms with Crippen LogP contribution in [0.25, 0.3) is 11.0 Å². The van der Waals surface area contributed by atoms with Gasteiger partial charge in [0.1, 0.15) is 23.8 Å². The highest BCUT2D eigenvalue weighted by Gasteiger charge is 2.32. The Kier molecular flexibility index (Phi) is 2.21. The molecule has 0 unspecified atom stereocenters. The van der Waals surface area contributed by atoms with Gasteiger partial charge in [-0.1, -0.05) is 0 Å². The van der Waals surface area contributed by atoms with Gasteiger partial charge in [0.15, 0.2) is 0 Å². The predicted molar refractivity (Wildman–Crippen MR) is 61.9 cm³/mol. The van der Waals surface area contributed by atoms with Crippen LogP contribution in [0.15, 0.2) is 18.6 Å². The molecule has 0 aromatic carbocycles. The Morgan fingerprint density at radius 1 is 1.53 bits per heavy atom. The molecule has 2 aromatic heterocycles. The van der Waals surface area contributed by atoms with Crippen LogP contribution in [0.2, 0.25) is 0 Å². The number of anilines is 1. The predicted octanol–water partition coefficient (Wildman–Crippen LogP) is 1.01. The molecule has 0 radical (unpaired) electrons. The maximum absolute atomic E-state index is 11.2. The van der Waals surface area contributed by atoms with Crippen molar-refractivity contribution < 1.29 is 9.90 Å². The van der Waals surface area contributed by atoms with Gasteiger partial charge in [-0.2, -0.15) is 0 Å². The third-order valence-corrected chi connectivity index (χ3v) is 3.14. The maximum Gasteiger partial charge on any atom is 0.326 e. The van der Waals surface area contributed by atoms with Crippen molar-refractivity contribution in [3.8, 4) is 0 Å². The van der Waals surface area contributed by atoms with Crippen molar-refractivity contribution in [1.29, 1.82) is 0 Å². The quantitative estimate of drug-likeness (QED) is 0.807. The third-order valence-electron chi connectivity index (χ3n) is 3.14. The third kappa shape index (κ3) is 1.52. The van der Waals surface area contributed by atoms with Gasteiger partial charge in [0.25, 0.3) is 0 Å². The molecule has 0 aliphatic carbocycles. The molecule has 0 bridgehead atoms. The molecule has 0 spiro atoms. The zero-order valence-electron chi connectivity index (χ0n) is 9.13. The van der Waals surface area contributed by atoms with Crippen LogP contribution in [-0.2, 0) is 4.79 Å². The molecule has 2 aromatic rings. The van der Waals surface area contributed by atoms with Gasteiger partial charge in [0.2, 0.25) is 0 Å². The molecule has 1 aliphatic rings. The Bertz CT molecular complexity index is 565. The Labute approximate surface area is 97.3 Å². The van der Waals surface area contributed by atoms with E-state index in [2.05, 4.69) is 15.0 Å². The van der Waals surface area contributed by atoms with Gasteiger partial charge < -0.3 is 15.0 Å². The highest BCUT2D eigenvalue weighted by atomic mass is 16.4. The number of carboxylic acids is 1. The van der Waals surface area contributed by atoms with Crippen molar-refractivity contribution in [2.24, 2.45) is 0 Å². The number of aromatic amines is 1. The van der Waals surface area contributed by atoms with E-state index < -0.39 is 12.0 Å². The first-order valence-corrected chi connectivity index (χ1v) is 5.55. The number of hydrogen-bond acceptors (Lipinski definition) is 4. The Morgan fingerprint density at radius 2 is 2.41 bits per heavy atom. The number of hydrogen-bond donors (Lipinski definition) is 2. The topological polar surface area (TPSA) is 82.1 Å². The zero-order chi connectivity index (χ0) is 11.8. The number of H-pyrrole nitrogens is 1.